The van der Waals surface area contributed by atoms with Crippen molar-refractivity contribution in [2.45, 2.75) is 0 Å². The molecule has 0 unspecified atom stereocenters. The van der Waals surface area contributed by atoms with Crippen LogP contribution in [0.3, 0.4) is 0 Å². The molecule has 0 aliphatic carbocycles. The summed E-state index contributed by atoms with van der Waals surface area (Å²) in [6.45, 7) is 0. The Balaban J connectivity index is 3.26. The second kappa shape index (κ2) is 2.87. The Labute approximate surface area is 75.5 Å². The van der Waals surface area contributed by atoms with E-state index in [1.165, 1.54) is 12.4 Å². The van der Waals surface area contributed by atoms with Crippen molar-refractivity contribution >= 4 is 11.0 Å². The topological polar surface area (TPSA) is 109 Å². The van der Waals surface area contributed by atoms with E-state index in [2.05, 4.69) is 9.97 Å². The number of hydrogen-bond acceptors (Lipinski definition) is 5. The van der Waals surface area contributed by atoms with Gasteiger partial charge in [0.05, 0.1) is 0 Å². The first-order valence-electron chi connectivity index (χ1n) is 3.66. The van der Waals surface area contributed by atoms with Gasteiger partial charge in [-0.15, -0.1) is 0 Å². The molecule has 0 saturated heterocycles. The number of aromatic amines is 2. The van der Waals surface area contributed by atoms with E-state index in [0.717, 1.165) is 0 Å². The highest BCUT2D eigenvalue weighted by Gasteiger charge is 2.02. The Morgan fingerprint density at radius 3 is 1.71 bits per heavy atom. The summed E-state index contributed by atoms with van der Waals surface area (Å²) >= 11 is 0. The maximum atomic E-state index is 11.2. The van der Waals surface area contributed by atoms with E-state index >= 15 is 0 Å². The van der Waals surface area contributed by atoms with Gasteiger partial charge in [0.15, 0.2) is 11.0 Å². The number of rotatable bonds is 0. The third-order valence-corrected chi connectivity index (χ3v) is 1.58. The van der Waals surface area contributed by atoms with E-state index in [1.54, 1.807) is 0 Å². The smallest absolute Gasteiger partial charge is 0.272 e. The van der Waals surface area contributed by atoms with Gasteiger partial charge in [-0.05, 0) is 0 Å². The number of hydrogen-bond donors (Lipinski definition) is 2. The molecule has 2 N–H and O–H groups in total. The van der Waals surface area contributed by atoms with Crippen molar-refractivity contribution in [1.29, 1.82) is 0 Å². The fourth-order valence-corrected chi connectivity index (χ4v) is 1.03. The van der Waals surface area contributed by atoms with Crippen LogP contribution >= 0.6 is 0 Å². The van der Waals surface area contributed by atoms with E-state index < -0.39 is 16.8 Å². The molecule has 0 spiro atoms. The van der Waals surface area contributed by atoms with Gasteiger partial charge in [0.25, 0.3) is 11.1 Å². The Morgan fingerprint density at radius 1 is 0.857 bits per heavy atom. The maximum Gasteiger partial charge on any atom is 0.328 e. The lowest BCUT2D eigenvalue weighted by Crippen LogP contribution is -2.19. The third-order valence-electron chi connectivity index (χ3n) is 1.58. The lowest BCUT2D eigenvalue weighted by molar-refractivity contribution is 1.07. The van der Waals surface area contributed by atoms with Crippen LogP contribution in [0.4, 0.5) is 0 Å². The third kappa shape index (κ3) is 1.20. The Hall–Kier alpha value is -2.31. The van der Waals surface area contributed by atoms with Crippen molar-refractivity contribution in [2.24, 2.45) is 0 Å². The summed E-state index contributed by atoms with van der Waals surface area (Å²) in [6, 6.07) is 0. The van der Waals surface area contributed by atoms with Gasteiger partial charge in [0.2, 0.25) is 0 Å². The van der Waals surface area contributed by atoms with E-state index in [0.29, 0.717) is 0 Å². The molecule has 0 aromatic carbocycles. The van der Waals surface area contributed by atoms with Crippen LogP contribution in [0.15, 0.2) is 26.8 Å². The summed E-state index contributed by atoms with van der Waals surface area (Å²) in [4.78, 5) is 44.5. The highest BCUT2D eigenvalue weighted by atomic mass is 16.2. The molecule has 7 nitrogen and oxygen atoms in total. The molecule has 0 atom stereocenters. The van der Waals surface area contributed by atoms with Crippen molar-refractivity contribution in [3.05, 3.63) is 43.6 Å². The lowest BCUT2D eigenvalue weighted by Gasteiger charge is -1.83. The summed E-state index contributed by atoms with van der Waals surface area (Å²) in [6.07, 6.45) is 2.53. The van der Waals surface area contributed by atoms with E-state index in [9.17, 15) is 14.4 Å². The summed E-state index contributed by atoms with van der Waals surface area (Å²) in [5.41, 5.74) is -2.67. The zero-order valence-corrected chi connectivity index (χ0v) is 6.77. The zero-order valence-electron chi connectivity index (χ0n) is 6.77. The number of H-pyrrole nitrogens is 2. The summed E-state index contributed by atoms with van der Waals surface area (Å²) in [5, 5.41) is 0. The van der Waals surface area contributed by atoms with Gasteiger partial charge in [-0.3, -0.25) is 19.6 Å². The van der Waals surface area contributed by atoms with Crippen molar-refractivity contribution in [1.82, 2.24) is 19.9 Å². The minimum absolute atomic E-state index is 0.157. The van der Waals surface area contributed by atoms with E-state index in [1.807, 2.05) is 9.97 Å². The van der Waals surface area contributed by atoms with Crippen LogP contribution in [-0.2, 0) is 0 Å². The maximum absolute atomic E-state index is 11.2. The van der Waals surface area contributed by atoms with Gasteiger partial charge in [0, 0.05) is 12.4 Å². The molecule has 2 heterocycles. The summed E-state index contributed by atoms with van der Waals surface area (Å²) in [5.74, 6) is 0. The minimum atomic E-state index is -0.875. The first-order valence-corrected chi connectivity index (χ1v) is 3.66. The number of nitrogens with one attached hydrogen (secondary N) is 2. The van der Waals surface area contributed by atoms with Crippen molar-refractivity contribution in [3.63, 3.8) is 0 Å². The number of aromatic nitrogens is 4. The highest BCUT2D eigenvalue weighted by molar-refractivity contribution is 5.70. The van der Waals surface area contributed by atoms with Crippen LogP contribution in [0.5, 0.6) is 0 Å². The molecular formula is C7H4N4O3. The van der Waals surface area contributed by atoms with Crippen LogP contribution in [0, 0.1) is 0 Å². The highest BCUT2D eigenvalue weighted by Crippen LogP contribution is 1.90. The summed E-state index contributed by atoms with van der Waals surface area (Å²) < 4.78 is 0. The SMILES string of the molecule is O=c1[nH]c(=O)c2nccnc2c(=O)[nH]1. The molecule has 7 heteroatoms. The molecule has 0 radical (unpaired) electrons. The zero-order chi connectivity index (χ0) is 10.1. The van der Waals surface area contributed by atoms with Crippen molar-refractivity contribution in [3.8, 4) is 0 Å². The van der Waals surface area contributed by atoms with Gasteiger partial charge in [-0.2, -0.15) is 0 Å². The molecule has 2 aromatic heterocycles. The molecule has 0 saturated carbocycles. The first-order chi connectivity index (χ1) is 6.68. The second-order valence-electron chi connectivity index (χ2n) is 2.49. The van der Waals surface area contributed by atoms with Crippen LogP contribution in [0.2, 0.25) is 0 Å². The van der Waals surface area contributed by atoms with E-state index in [-0.39, 0.29) is 11.0 Å². The predicted molar refractivity (Wildman–Crippen MR) is 47.0 cm³/mol. The second-order valence-corrected chi connectivity index (χ2v) is 2.49. The molecule has 2 rings (SSSR count). The molecule has 0 bridgehead atoms. The molecule has 0 aliphatic rings. The fourth-order valence-electron chi connectivity index (χ4n) is 1.03. The van der Waals surface area contributed by atoms with Gasteiger partial charge in [-0.1, -0.05) is 0 Å². The van der Waals surface area contributed by atoms with Crippen molar-refractivity contribution in [2.75, 3.05) is 0 Å². The first kappa shape index (κ1) is 8.30. The largest absolute Gasteiger partial charge is 0.328 e. The van der Waals surface area contributed by atoms with Gasteiger partial charge < -0.3 is 0 Å². The van der Waals surface area contributed by atoms with Gasteiger partial charge >= 0.3 is 5.69 Å². The van der Waals surface area contributed by atoms with Crippen LogP contribution < -0.4 is 16.8 Å². The molecule has 0 amide bonds. The average Bonchev–Trinajstić information content (AvgIpc) is 2.26. The Kier molecular flexibility index (Phi) is 1.70. The van der Waals surface area contributed by atoms with Crippen molar-refractivity contribution < 1.29 is 0 Å². The average molecular weight is 192 g/mol. The monoisotopic (exact) mass is 192 g/mol. The Morgan fingerprint density at radius 2 is 1.29 bits per heavy atom. The predicted octanol–water partition coefficient (Wildman–Crippen LogP) is -1.63. The summed E-state index contributed by atoms with van der Waals surface area (Å²) in [7, 11) is 0. The fraction of sp³-hybridized carbons (Fsp3) is 0. The van der Waals surface area contributed by atoms with Gasteiger partial charge in [-0.25, -0.2) is 14.8 Å². The molecule has 0 fully saturated rings. The molecule has 0 aliphatic heterocycles. The van der Waals surface area contributed by atoms with Crippen LogP contribution in [0.25, 0.3) is 11.0 Å². The van der Waals surface area contributed by atoms with E-state index in [4.69, 9.17) is 0 Å². The molecule has 14 heavy (non-hydrogen) atoms. The Bertz CT molecular complexity index is 602. The number of fused-ring (bicyclic) bond motifs is 1. The molecule has 70 valence electrons. The number of nitrogens with zero attached hydrogens (tertiary/aromatic N) is 2. The lowest BCUT2D eigenvalue weighted by atomic mass is 10.4. The minimum Gasteiger partial charge on any atom is -0.272 e. The molecular weight excluding hydrogens is 188 g/mol. The van der Waals surface area contributed by atoms with Gasteiger partial charge in [0.1, 0.15) is 0 Å². The normalized spacial score (nSPS) is 10.3. The van der Waals surface area contributed by atoms with Crippen LogP contribution in [0.1, 0.15) is 0 Å². The molecule has 2 aromatic rings. The quantitative estimate of drug-likeness (QED) is 0.520. The van der Waals surface area contributed by atoms with Crippen LogP contribution in [-0.4, -0.2) is 19.9 Å². The standard InChI is InChI=1S/C7H4N4O3/c12-5-3-4(9-2-1-8-3)6(13)11-7(14)10-5/h1-2H,(H2,10,11,12,13,14).